The van der Waals surface area contributed by atoms with E-state index in [1.807, 2.05) is 37.3 Å². The van der Waals surface area contributed by atoms with E-state index in [2.05, 4.69) is 25.1 Å². The number of carbonyl (C=O) groups is 1. The van der Waals surface area contributed by atoms with Crippen molar-refractivity contribution in [1.29, 1.82) is 0 Å². The van der Waals surface area contributed by atoms with Crippen molar-refractivity contribution < 1.29 is 19.0 Å². The number of hydrogen-bond acceptors (Lipinski definition) is 9. The van der Waals surface area contributed by atoms with Crippen LogP contribution in [-0.2, 0) is 16.0 Å². The summed E-state index contributed by atoms with van der Waals surface area (Å²) in [5.74, 6) is 0.773. The number of benzene rings is 1. The molecule has 4 rings (SSSR count). The maximum absolute atomic E-state index is 11.6. The number of rotatable bonds is 8. The lowest BCUT2D eigenvalue weighted by Gasteiger charge is -2.28. The Labute approximate surface area is 180 Å². The summed E-state index contributed by atoms with van der Waals surface area (Å²) in [5.41, 5.74) is 2.64. The molecule has 164 valence electrons. The van der Waals surface area contributed by atoms with Crippen LogP contribution in [0.15, 0.2) is 40.6 Å². The Hall–Kier alpha value is -3.27. The van der Waals surface area contributed by atoms with Crippen LogP contribution in [0.5, 0.6) is 6.01 Å². The van der Waals surface area contributed by atoms with Crippen LogP contribution >= 0.6 is 0 Å². The molecule has 0 N–H and O–H groups in total. The number of cyclic esters (lactones) is 1. The normalized spacial score (nSPS) is 16.7. The van der Waals surface area contributed by atoms with Crippen molar-refractivity contribution in [3.05, 3.63) is 41.6 Å². The third-order valence-electron chi connectivity index (χ3n) is 4.94. The highest BCUT2D eigenvalue weighted by molar-refractivity contribution is 5.69. The summed E-state index contributed by atoms with van der Waals surface area (Å²) in [5, 5.41) is 8.59. The zero-order valence-corrected chi connectivity index (χ0v) is 17.6. The molecule has 2 aliphatic heterocycles. The van der Waals surface area contributed by atoms with E-state index in [0.717, 1.165) is 30.2 Å². The number of anilines is 1. The topological polar surface area (TPSA) is 102 Å². The Morgan fingerprint density at radius 2 is 2.00 bits per heavy atom. The fourth-order valence-electron chi connectivity index (χ4n) is 3.31. The van der Waals surface area contributed by atoms with Gasteiger partial charge in [0.15, 0.2) is 0 Å². The third-order valence-corrected chi connectivity index (χ3v) is 4.94. The van der Waals surface area contributed by atoms with Gasteiger partial charge in [0.2, 0.25) is 0 Å². The van der Waals surface area contributed by atoms with Gasteiger partial charge in [-0.25, -0.2) is 4.79 Å². The SMILES string of the molecule is Cc1cccc(N=NCc2cc(N3CCOCC3)nc(OCCN3CCOC3=O)n2)c1. The number of carbonyl (C=O) groups excluding carboxylic acids is 1. The lowest BCUT2D eigenvalue weighted by atomic mass is 10.2. The monoisotopic (exact) mass is 426 g/mol. The van der Waals surface area contributed by atoms with E-state index in [0.29, 0.717) is 45.1 Å². The molecule has 0 aliphatic carbocycles. The standard InChI is InChI=1S/C21H26N6O4/c1-16-3-2-4-17(13-16)25-22-15-18-14-19(26-5-9-29-10-6-26)24-20(23-18)30-11-7-27-8-12-31-21(27)28/h2-4,13-14H,5-12,15H2,1H3. The molecule has 3 heterocycles. The quantitative estimate of drug-likeness (QED) is 0.598. The fourth-order valence-corrected chi connectivity index (χ4v) is 3.31. The van der Waals surface area contributed by atoms with E-state index in [9.17, 15) is 4.79 Å². The highest BCUT2D eigenvalue weighted by Gasteiger charge is 2.22. The summed E-state index contributed by atoms with van der Waals surface area (Å²) in [4.78, 5) is 24.3. The van der Waals surface area contributed by atoms with Crippen LogP contribution in [0.25, 0.3) is 0 Å². The van der Waals surface area contributed by atoms with Crippen molar-refractivity contribution in [3.8, 4) is 6.01 Å². The summed E-state index contributed by atoms with van der Waals surface area (Å²) in [6.45, 7) is 6.82. The lowest BCUT2D eigenvalue weighted by Crippen LogP contribution is -2.37. The minimum Gasteiger partial charge on any atom is -0.462 e. The number of azo groups is 1. The first kappa shape index (κ1) is 21.0. The number of aromatic nitrogens is 2. The minimum atomic E-state index is -0.316. The Morgan fingerprint density at radius 1 is 1.13 bits per heavy atom. The van der Waals surface area contributed by atoms with Crippen molar-refractivity contribution in [3.63, 3.8) is 0 Å². The Kier molecular flexibility index (Phi) is 6.88. The molecule has 0 unspecified atom stereocenters. The van der Waals surface area contributed by atoms with Gasteiger partial charge in [0.05, 0.1) is 37.7 Å². The molecule has 1 amide bonds. The summed E-state index contributed by atoms with van der Waals surface area (Å²) >= 11 is 0. The summed E-state index contributed by atoms with van der Waals surface area (Å²) in [6.07, 6.45) is -0.316. The Bertz CT molecular complexity index is 932. The summed E-state index contributed by atoms with van der Waals surface area (Å²) in [7, 11) is 0. The minimum absolute atomic E-state index is 0.261. The van der Waals surface area contributed by atoms with Gasteiger partial charge in [-0.05, 0) is 24.6 Å². The van der Waals surface area contributed by atoms with Crippen LogP contribution in [0, 0.1) is 6.92 Å². The molecule has 0 bridgehead atoms. The van der Waals surface area contributed by atoms with Crippen LogP contribution in [0.4, 0.5) is 16.3 Å². The lowest BCUT2D eigenvalue weighted by molar-refractivity contribution is 0.122. The molecule has 31 heavy (non-hydrogen) atoms. The van der Waals surface area contributed by atoms with E-state index in [1.165, 1.54) is 0 Å². The van der Waals surface area contributed by atoms with Gasteiger partial charge in [-0.3, -0.25) is 0 Å². The van der Waals surface area contributed by atoms with Crippen LogP contribution in [0.1, 0.15) is 11.3 Å². The van der Waals surface area contributed by atoms with E-state index in [1.54, 1.807) is 4.90 Å². The molecular formula is C21H26N6O4. The highest BCUT2D eigenvalue weighted by Crippen LogP contribution is 2.20. The molecule has 0 radical (unpaired) electrons. The molecular weight excluding hydrogens is 400 g/mol. The zero-order valence-electron chi connectivity index (χ0n) is 17.6. The molecule has 2 aliphatic rings. The van der Waals surface area contributed by atoms with Gasteiger partial charge in [-0.1, -0.05) is 12.1 Å². The molecule has 2 saturated heterocycles. The first-order chi connectivity index (χ1) is 15.2. The predicted molar refractivity (Wildman–Crippen MR) is 113 cm³/mol. The van der Waals surface area contributed by atoms with E-state index in [4.69, 9.17) is 14.2 Å². The fraction of sp³-hybridized carbons (Fsp3) is 0.476. The van der Waals surface area contributed by atoms with E-state index < -0.39 is 0 Å². The van der Waals surface area contributed by atoms with Crippen LogP contribution in [0.2, 0.25) is 0 Å². The van der Waals surface area contributed by atoms with Crippen molar-refractivity contribution in [2.45, 2.75) is 13.5 Å². The summed E-state index contributed by atoms with van der Waals surface area (Å²) in [6, 6.07) is 10.0. The average Bonchev–Trinajstić information content (AvgIpc) is 3.19. The van der Waals surface area contributed by atoms with Gasteiger partial charge in [-0.2, -0.15) is 20.2 Å². The molecule has 10 heteroatoms. The van der Waals surface area contributed by atoms with Gasteiger partial charge >= 0.3 is 12.1 Å². The molecule has 0 atom stereocenters. The maximum Gasteiger partial charge on any atom is 0.410 e. The Morgan fingerprint density at radius 3 is 2.77 bits per heavy atom. The molecule has 1 aromatic carbocycles. The van der Waals surface area contributed by atoms with E-state index in [-0.39, 0.29) is 18.7 Å². The second-order valence-electron chi connectivity index (χ2n) is 7.29. The van der Waals surface area contributed by atoms with Crippen LogP contribution in [-0.4, -0.2) is 73.6 Å². The van der Waals surface area contributed by atoms with Crippen LogP contribution in [0.3, 0.4) is 0 Å². The third kappa shape index (κ3) is 5.88. The molecule has 10 nitrogen and oxygen atoms in total. The predicted octanol–water partition coefficient (Wildman–Crippen LogP) is 2.74. The number of aryl methyl sites for hydroxylation is 1. The van der Waals surface area contributed by atoms with Gasteiger partial charge in [0.25, 0.3) is 0 Å². The Balaban J connectivity index is 1.45. The van der Waals surface area contributed by atoms with Crippen molar-refractivity contribution >= 4 is 17.6 Å². The van der Waals surface area contributed by atoms with Gasteiger partial charge < -0.3 is 24.0 Å². The van der Waals surface area contributed by atoms with Crippen molar-refractivity contribution in [2.24, 2.45) is 10.2 Å². The largest absolute Gasteiger partial charge is 0.462 e. The van der Waals surface area contributed by atoms with Gasteiger partial charge in [0, 0.05) is 19.2 Å². The number of hydrogen-bond donors (Lipinski definition) is 0. The molecule has 0 saturated carbocycles. The number of amides is 1. The molecule has 1 aromatic heterocycles. The molecule has 0 spiro atoms. The van der Waals surface area contributed by atoms with E-state index >= 15 is 0 Å². The summed E-state index contributed by atoms with van der Waals surface area (Å²) < 4.78 is 16.1. The molecule has 2 aromatic rings. The number of morpholine rings is 1. The van der Waals surface area contributed by atoms with Gasteiger partial charge in [-0.15, -0.1) is 0 Å². The van der Waals surface area contributed by atoms with Gasteiger partial charge in [0.1, 0.15) is 25.6 Å². The van der Waals surface area contributed by atoms with Crippen molar-refractivity contribution in [2.75, 3.05) is 57.5 Å². The average molecular weight is 426 g/mol. The first-order valence-electron chi connectivity index (χ1n) is 10.4. The second-order valence-corrected chi connectivity index (χ2v) is 7.29. The van der Waals surface area contributed by atoms with Crippen LogP contribution < -0.4 is 9.64 Å². The first-order valence-corrected chi connectivity index (χ1v) is 10.4. The molecule has 2 fully saturated rings. The second kappa shape index (κ2) is 10.2. The highest BCUT2D eigenvalue weighted by atomic mass is 16.6. The number of nitrogens with zero attached hydrogens (tertiary/aromatic N) is 6. The number of ether oxygens (including phenoxy) is 3. The smallest absolute Gasteiger partial charge is 0.410 e. The maximum atomic E-state index is 11.6. The van der Waals surface area contributed by atoms with Crippen molar-refractivity contribution in [1.82, 2.24) is 14.9 Å². The zero-order chi connectivity index (χ0) is 21.5.